The molecule has 36 heavy (non-hydrogen) atoms. The Morgan fingerprint density at radius 1 is 0.917 bits per heavy atom. The van der Waals surface area contributed by atoms with Crippen LogP contribution in [0.25, 0.3) is 55.0 Å². The smallest absolute Gasteiger partial charge is 0.135 e. The molecule has 0 amide bonds. The van der Waals surface area contributed by atoms with Gasteiger partial charge in [0.1, 0.15) is 11.2 Å². The number of thiophene rings is 1. The number of piperidine rings is 1. The van der Waals surface area contributed by atoms with Crippen molar-refractivity contribution in [3.8, 4) is 33.1 Å². The summed E-state index contributed by atoms with van der Waals surface area (Å²) in [4.78, 5) is 16.9. The fraction of sp³-hybridized carbons (Fsp3) is 0.207. The summed E-state index contributed by atoms with van der Waals surface area (Å²) in [6.07, 6.45) is 7.81. The van der Waals surface area contributed by atoms with Gasteiger partial charge in [-0.05, 0) is 73.3 Å². The number of hydrogen-bond acceptors (Lipinski definition) is 5. The number of hydrogen-bond donors (Lipinski definition) is 2. The fourth-order valence-electron chi connectivity index (χ4n) is 5.27. The van der Waals surface area contributed by atoms with Crippen molar-refractivity contribution in [2.24, 2.45) is 0 Å². The van der Waals surface area contributed by atoms with Gasteiger partial charge in [-0.25, -0.2) is 4.98 Å². The van der Waals surface area contributed by atoms with Crippen LogP contribution in [0.4, 0.5) is 0 Å². The summed E-state index contributed by atoms with van der Waals surface area (Å²) in [7, 11) is 0. The molecular formula is C29H26N6S. The second kappa shape index (κ2) is 9.00. The van der Waals surface area contributed by atoms with Crippen molar-refractivity contribution in [2.45, 2.75) is 25.8 Å². The van der Waals surface area contributed by atoms with E-state index >= 15 is 0 Å². The molecule has 7 rings (SSSR count). The zero-order valence-corrected chi connectivity index (χ0v) is 20.7. The van der Waals surface area contributed by atoms with Crippen LogP contribution in [0.3, 0.4) is 0 Å². The molecule has 5 aromatic heterocycles. The molecule has 0 radical (unpaired) electrons. The van der Waals surface area contributed by atoms with E-state index in [1.54, 1.807) is 11.3 Å². The van der Waals surface area contributed by atoms with Gasteiger partial charge >= 0.3 is 0 Å². The van der Waals surface area contributed by atoms with Gasteiger partial charge in [0.25, 0.3) is 0 Å². The minimum absolute atomic E-state index is 0.831. The second-order valence-electron chi connectivity index (χ2n) is 9.51. The van der Waals surface area contributed by atoms with E-state index in [2.05, 4.69) is 79.0 Å². The van der Waals surface area contributed by atoms with Crippen LogP contribution in [-0.2, 0) is 6.54 Å². The minimum Gasteiger partial charge on any atom is -0.353 e. The Kier molecular flexibility index (Phi) is 5.37. The van der Waals surface area contributed by atoms with Crippen molar-refractivity contribution in [1.29, 1.82) is 0 Å². The molecule has 1 aliphatic rings. The normalized spacial score (nSPS) is 14.7. The molecule has 0 spiro atoms. The number of likely N-dealkylation sites (tertiary alicyclic amines) is 1. The third kappa shape index (κ3) is 3.90. The zero-order valence-electron chi connectivity index (χ0n) is 19.9. The van der Waals surface area contributed by atoms with Crippen molar-refractivity contribution >= 4 is 33.3 Å². The predicted octanol–water partition coefficient (Wildman–Crippen LogP) is 6.88. The van der Waals surface area contributed by atoms with Gasteiger partial charge in [0.2, 0.25) is 0 Å². The van der Waals surface area contributed by atoms with Crippen molar-refractivity contribution in [1.82, 2.24) is 30.0 Å². The Morgan fingerprint density at radius 3 is 2.75 bits per heavy atom. The van der Waals surface area contributed by atoms with Gasteiger partial charge in [-0.15, -0.1) is 11.3 Å². The van der Waals surface area contributed by atoms with E-state index in [4.69, 9.17) is 4.98 Å². The van der Waals surface area contributed by atoms with Gasteiger partial charge in [0.05, 0.1) is 16.9 Å². The molecule has 1 saturated heterocycles. The quantitative estimate of drug-likeness (QED) is 0.276. The van der Waals surface area contributed by atoms with Crippen molar-refractivity contribution in [3.05, 3.63) is 77.9 Å². The van der Waals surface area contributed by atoms with E-state index in [0.29, 0.717) is 0 Å². The summed E-state index contributed by atoms with van der Waals surface area (Å²) in [6, 6.07) is 19.2. The number of fused-ring (bicyclic) bond motifs is 2. The van der Waals surface area contributed by atoms with Gasteiger partial charge in [-0.2, -0.15) is 5.10 Å². The summed E-state index contributed by atoms with van der Waals surface area (Å²) in [5.74, 6) is 0. The molecule has 0 aliphatic carbocycles. The van der Waals surface area contributed by atoms with E-state index in [1.165, 1.54) is 53.7 Å². The molecule has 1 fully saturated rings. The maximum absolute atomic E-state index is 5.05. The fourth-order valence-corrected chi connectivity index (χ4v) is 6.03. The lowest BCUT2D eigenvalue weighted by Gasteiger charge is -2.26. The molecule has 1 aliphatic heterocycles. The molecule has 178 valence electrons. The lowest BCUT2D eigenvalue weighted by molar-refractivity contribution is 0.220. The summed E-state index contributed by atoms with van der Waals surface area (Å²) < 4.78 is 0. The third-order valence-corrected chi connectivity index (χ3v) is 7.96. The standard InChI is InChI=1S/C29H26N6S/c1-2-11-35(12-3-1)18-19-14-20(17-30-16-19)23-9-10-25-28(32-23)29(34-33-25)26-15-22-21(27-8-5-13-36-27)6-4-7-24(22)31-26/h4-10,13-17,31H,1-3,11-12,18H2,(H,33,34). The third-order valence-electron chi connectivity index (χ3n) is 7.06. The number of nitrogens with zero attached hydrogens (tertiary/aromatic N) is 4. The molecule has 0 saturated carbocycles. The Morgan fingerprint density at radius 2 is 1.86 bits per heavy atom. The molecule has 0 bridgehead atoms. The first kappa shape index (κ1) is 21.5. The summed E-state index contributed by atoms with van der Waals surface area (Å²) in [5.41, 5.74) is 9.08. The van der Waals surface area contributed by atoms with Crippen LogP contribution in [-0.4, -0.2) is 43.1 Å². The highest BCUT2D eigenvalue weighted by Crippen LogP contribution is 2.35. The summed E-state index contributed by atoms with van der Waals surface area (Å²) in [5, 5.41) is 11.1. The van der Waals surface area contributed by atoms with E-state index in [9.17, 15) is 0 Å². The lowest BCUT2D eigenvalue weighted by Crippen LogP contribution is -2.29. The van der Waals surface area contributed by atoms with Crippen LogP contribution in [0.2, 0.25) is 0 Å². The monoisotopic (exact) mass is 490 g/mol. The number of H-pyrrole nitrogens is 2. The van der Waals surface area contributed by atoms with E-state index in [1.807, 2.05) is 18.5 Å². The first-order chi connectivity index (χ1) is 17.8. The zero-order chi connectivity index (χ0) is 23.9. The largest absolute Gasteiger partial charge is 0.353 e. The van der Waals surface area contributed by atoms with Gasteiger partial charge < -0.3 is 4.98 Å². The van der Waals surface area contributed by atoms with Crippen LogP contribution >= 0.6 is 11.3 Å². The topological polar surface area (TPSA) is 73.5 Å². The predicted molar refractivity (Wildman–Crippen MR) is 147 cm³/mol. The number of aromatic nitrogens is 5. The molecule has 7 heteroatoms. The number of pyridine rings is 2. The summed E-state index contributed by atoms with van der Waals surface area (Å²) in [6.45, 7) is 3.29. The first-order valence-electron chi connectivity index (χ1n) is 12.5. The lowest BCUT2D eigenvalue weighted by atomic mass is 10.1. The average molecular weight is 491 g/mol. The van der Waals surface area contributed by atoms with Crippen LogP contribution in [0, 0.1) is 0 Å². The second-order valence-corrected chi connectivity index (χ2v) is 10.5. The Balaban J connectivity index is 1.26. The average Bonchev–Trinajstić information content (AvgIpc) is 3.68. The molecule has 0 unspecified atom stereocenters. The van der Waals surface area contributed by atoms with Gasteiger partial charge in [0.15, 0.2) is 0 Å². The molecule has 1 aromatic carbocycles. The molecule has 0 atom stereocenters. The SMILES string of the molecule is c1csc(-c2cccc3[nH]c(-c4n[nH]c5ccc(-c6cncc(CN7CCCCC7)c6)nc45)cc23)c1. The summed E-state index contributed by atoms with van der Waals surface area (Å²) >= 11 is 1.75. The molecule has 6 aromatic rings. The van der Waals surface area contributed by atoms with Gasteiger partial charge in [0, 0.05) is 45.8 Å². The molecular weight excluding hydrogens is 464 g/mol. The van der Waals surface area contributed by atoms with Crippen LogP contribution in [0.1, 0.15) is 24.8 Å². The van der Waals surface area contributed by atoms with Crippen LogP contribution in [0.5, 0.6) is 0 Å². The number of aromatic amines is 2. The van der Waals surface area contributed by atoms with Crippen molar-refractivity contribution in [2.75, 3.05) is 13.1 Å². The Bertz CT molecular complexity index is 1660. The first-order valence-corrected chi connectivity index (χ1v) is 13.4. The maximum Gasteiger partial charge on any atom is 0.135 e. The molecule has 2 N–H and O–H groups in total. The van der Waals surface area contributed by atoms with E-state index in [0.717, 1.165) is 45.7 Å². The number of rotatable bonds is 5. The Hall–Kier alpha value is -3.81. The highest BCUT2D eigenvalue weighted by atomic mass is 32.1. The molecule has 6 nitrogen and oxygen atoms in total. The highest BCUT2D eigenvalue weighted by Gasteiger charge is 2.16. The van der Waals surface area contributed by atoms with Crippen LogP contribution < -0.4 is 0 Å². The van der Waals surface area contributed by atoms with Crippen LogP contribution in [0.15, 0.2) is 72.4 Å². The van der Waals surface area contributed by atoms with E-state index in [-0.39, 0.29) is 0 Å². The van der Waals surface area contributed by atoms with Crippen molar-refractivity contribution < 1.29 is 0 Å². The maximum atomic E-state index is 5.05. The Labute approximate surface area is 213 Å². The highest BCUT2D eigenvalue weighted by molar-refractivity contribution is 7.13. The van der Waals surface area contributed by atoms with Gasteiger partial charge in [-0.3, -0.25) is 15.0 Å². The van der Waals surface area contributed by atoms with Gasteiger partial charge in [-0.1, -0.05) is 24.6 Å². The number of nitrogens with one attached hydrogen (secondary N) is 2. The molecule has 6 heterocycles. The number of benzene rings is 1. The minimum atomic E-state index is 0.831. The van der Waals surface area contributed by atoms with E-state index < -0.39 is 0 Å². The van der Waals surface area contributed by atoms with Crippen molar-refractivity contribution in [3.63, 3.8) is 0 Å².